The number of rotatable bonds is 3. The van der Waals surface area contributed by atoms with Crippen LogP contribution in [-0.4, -0.2) is 17.4 Å². The zero-order valence-electron chi connectivity index (χ0n) is 13.1. The average Bonchev–Trinajstić information content (AvgIpc) is 2.43. The van der Waals surface area contributed by atoms with Crippen LogP contribution in [0.4, 0.5) is 5.82 Å². The molecule has 0 radical (unpaired) electrons. The van der Waals surface area contributed by atoms with Gasteiger partial charge in [-0.05, 0) is 22.8 Å². The molecule has 0 saturated carbocycles. The third-order valence-corrected chi connectivity index (χ3v) is 4.05. The van der Waals surface area contributed by atoms with E-state index in [0.29, 0.717) is 24.0 Å². The van der Waals surface area contributed by atoms with E-state index in [4.69, 9.17) is 5.73 Å². The van der Waals surface area contributed by atoms with Crippen LogP contribution in [0.2, 0.25) is 0 Å². The maximum absolute atomic E-state index is 12.2. The molecule has 2 aromatic rings. The van der Waals surface area contributed by atoms with Crippen LogP contribution in [0.15, 0.2) is 30.3 Å². The van der Waals surface area contributed by atoms with Crippen molar-refractivity contribution in [2.75, 3.05) is 12.3 Å². The number of nitrogen functional groups attached to an aromatic ring is 1. The minimum atomic E-state index is -0.177. The Morgan fingerprint density at radius 3 is 2.67 bits per heavy atom. The summed E-state index contributed by atoms with van der Waals surface area (Å²) in [6.07, 6.45) is 0. The lowest BCUT2D eigenvalue weighted by Crippen LogP contribution is -2.34. The Hall–Kier alpha value is -2.10. The zero-order chi connectivity index (χ0) is 15.6. The lowest BCUT2D eigenvalue weighted by molar-refractivity contribution is 0.0932. The minimum Gasteiger partial charge on any atom is -0.383 e. The summed E-state index contributed by atoms with van der Waals surface area (Å²) in [7, 11) is 0. The molecule has 0 aliphatic carbocycles. The molecule has 0 aliphatic heterocycles. The summed E-state index contributed by atoms with van der Waals surface area (Å²) in [5.74, 6) is 0.588. The van der Waals surface area contributed by atoms with Gasteiger partial charge in [0.25, 0.3) is 5.91 Å². The summed E-state index contributed by atoms with van der Waals surface area (Å²) in [5, 5.41) is 4.74. The maximum Gasteiger partial charge on any atom is 0.270 e. The molecular weight excluding hydrogens is 262 g/mol. The Balaban J connectivity index is 2.17. The van der Waals surface area contributed by atoms with Crippen LogP contribution in [0.25, 0.3) is 10.8 Å². The average molecular weight is 285 g/mol. The standard InChI is InChI=1S/C17H23N3O/c1-11(17(2,3)4)10-19-16(21)14-9-12-7-5-6-8-13(12)15(18)20-14/h5-9,11H,10H2,1-4H3,(H2,18,20)(H,19,21). The molecule has 0 aliphatic rings. The van der Waals surface area contributed by atoms with E-state index in [1.807, 2.05) is 24.3 Å². The molecule has 4 heteroatoms. The quantitative estimate of drug-likeness (QED) is 0.909. The van der Waals surface area contributed by atoms with Gasteiger partial charge >= 0.3 is 0 Å². The van der Waals surface area contributed by atoms with Crippen LogP contribution in [-0.2, 0) is 0 Å². The SMILES string of the molecule is CC(CNC(=O)c1cc2ccccc2c(N)n1)C(C)(C)C. The van der Waals surface area contributed by atoms with Crippen LogP contribution >= 0.6 is 0 Å². The Labute approximate surface area is 125 Å². The van der Waals surface area contributed by atoms with Gasteiger partial charge in [0.05, 0.1) is 0 Å². The number of nitrogens with one attached hydrogen (secondary N) is 1. The fraction of sp³-hybridized carbons (Fsp3) is 0.412. The van der Waals surface area contributed by atoms with Gasteiger partial charge in [0, 0.05) is 11.9 Å². The van der Waals surface area contributed by atoms with Crippen molar-refractivity contribution in [2.45, 2.75) is 27.7 Å². The first kappa shape index (κ1) is 15.3. The highest BCUT2D eigenvalue weighted by atomic mass is 16.1. The van der Waals surface area contributed by atoms with Gasteiger partial charge in [0.2, 0.25) is 0 Å². The number of carbonyl (C=O) groups excluding carboxylic acids is 1. The lowest BCUT2D eigenvalue weighted by atomic mass is 9.82. The number of anilines is 1. The predicted octanol–water partition coefficient (Wildman–Crippen LogP) is 3.23. The van der Waals surface area contributed by atoms with E-state index in [9.17, 15) is 4.79 Å². The van der Waals surface area contributed by atoms with Gasteiger partial charge < -0.3 is 11.1 Å². The molecule has 0 saturated heterocycles. The second-order valence-corrected chi connectivity index (χ2v) is 6.59. The summed E-state index contributed by atoms with van der Waals surface area (Å²) >= 11 is 0. The molecule has 21 heavy (non-hydrogen) atoms. The van der Waals surface area contributed by atoms with Gasteiger partial charge in [-0.15, -0.1) is 0 Å². The Bertz CT molecular complexity index is 659. The fourth-order valence-electron chi connectivity index (χ4n) is 1.98. The van der Waals surface area contributed by atoms with E-state index in [1.54, 1.807) is 6.07 Å². The molecule has 3 N–H and O–H groups in total. The van der Waals surface area contributed by atoms with Crippen molar-refractivity contribution in [2.24, 2.45) is 11.3 Å². The number of nitrogens with zero attached hydrogens (tertiary/aromatic N) is 1. The number of hydrogen-bond donors (Lipinski definition) is 2. The first-order valence-corrected chi connectivity index (χ1v) is 7.22. The van der Waals surface area contributed by atoms with Gasteiger partial charge in [-0.2, -0.15) is 0 Å². The lowest BCUT2D eigenvalue weighted by Gasteiger charge is -2.27. The molecule has 1 amide bonds. The van der Waals surface area contributed by atoms with Gasteiger partial charge in [0.15, 0.2) is 0 Å². The molecule has 0 bridgehead atoms. The van der Waals surface area contributed by atoms with E-state index >= 15 is 0 Å². The molecule has 0 fully saturated rings. The summed E-state index contributed by atoms with van der Waals surface area (Å²) < 4.78 is 0. The number of hydrogen-bond acceptors (Lipinski definition) is 3. The topological polar surface area (TPSA) is 68.0 Å². The number of carbonyl (C=O) groups is 1. The highest BCUT2D eigenvalue weighted by molar-refractivity contribution is 5.99. The Morgan fingerprint density at radius 1 is 1.33 bits per heavy atom. The first-order valence-electron chi connectivity index (χ1n) is 7.22. The second-order valence-electron chi connectivity index (χ2n) is 6.59. The van der Waals surface area contributed by atoms with Gasteiger partial charge in [-0.25, -0.2) is 4.98 Å². The molecule has 1 unspecified atom stereocenters. The van der Waals surface area contributed by atoms with E-state index in [-0.39, 0.29) is 11.3 Å². The second kappa shape index (κ2) is 5.72. The fourth-order valence-corrected chi connectivity index (χ4v) is 1.98. The van der Waals surface area contributed by atoms with Gasteiger partial charge in [-0.3, -0.25) is 4.79 Å². The Kier molecular flexibility index (Phi) is 4.16. The summed E-state index contributed by atoms with van der Waals surface area (Å²) in [6.45, 7) is 9.24. The zero-order valence-corrected chi connectivity index (χ0v) is 13.1. The van der Waals surface area contributed by atoms with Crippen molar-refractivity contribution in [1.29, 1.82) is 0 Å². The molecular formula is C17H23N3O. The van der Waals surface area contributed by atoms with Crippen LogP contribution < -0.4 is 11.1 Å². The van der Waals surface area contributed by atoms with Crippen LogP contribution in [0.5, 0.6) is 0 Å². The summed E-state index contributed by atoms with van der Waals surface area (Å²) in [4.78, 5) is 16.4. The highest BCUT2D eigenvalue weighted by Gasteiger charge is 2.21. The van der Waals surface area contributed by atoms with Crippen molar-refractivity contribution < 1.29 is 4.79 Å². The number of benzene rings is 1. The van der Waals surface area contributed by atoms with E-state index in [0.717, 1.165) is 10.8 Å². The van der Waals surface area contributed by atoms with Crippen LogP contribution in [0.1, 0.15) is 38.2 Å². The predicted molar refractivity (Wildman–Crippen MR) is 87.1 cm³/mol. The molecule has 1 aromatic heterocycles. The molecule has 2 rings (SSSR count). The molecule has 0 spiro atoms. The van der Waals surface area contributed by atoms with Crippen molar-refractivity contribution >= 4 is 22.5 Å². The minimum absolute atomic E-state index is 0.156. The van der Waals surface area contributed by atoms with E-state index in [1.165, 1.54) is 0 Å². The van der Waals surface area contributed by atoms with E-state index in [2.05, 4.69) is 38.0 Å². The number of fused-ring (bicyclic) bond motifs is 1. The number of aromatic nitrogens is 1. The molecule has 1 heterocycles. The third kappa shape index (κ3) is 3.51. The monoisotopic (exact) mass is 285 g/mol. The number of pyridine rings is 1. The van der Waals surface area contributed by atoms with Crippen molar-refractivity contribution in [3.8, 4) is 0 Å². The van der Waals surface area contributed by atoms with Crippen molar-refractivity contribution in [1.82, 2.24) is 10.3 Å². The number of amides is 1. The third-order valence-electron chi connectivity index (χ3n) is 4.05. The smallest absolute Gasteiger partial charge is 0.270 e. The maximum atomic E-state index is 12.2. The van der Waals surface area contributed by atoms with E-state index < -0.39 is 0 Å². The van der Waals surface area contributed by atoms with Crippen LogP contribution in [0, 0.1) is 11.3 Å². The van der Waals surface area contributed by atoms with Crippen molar-refractivity contribution in [3.63, 3.8) is 0 Å². The molecule has 1 atom stereocenters. The Morgan fingerprint density at radius 2 is 2.00 bits per heavy atom. The van der Waals surface area contributed by atoms with Gasteiger partial charge in [0.1, 0.15) is 11.5 Å². The first-order chi connectivity index (χ1) is 9.79. The normalized spacial score (nSPS) is 13.1. The summed E-state index contributed by atoms with van der Waals surface area (Å²) in [5.41, 5.74) is 6.45. The largest absolute Gasteiger partial charge is 0.383 e. The highest BCUT2D eigenvalue weighted by Crippen LogP contribution is 2.24. The van der Waals surface area contributed by atoms with Crippen molar-refractivity contribution in [3.05, 3.63) is 36.0 Å². The van der Waals surface area contributed by atoms with Crippen LogP contribution in [0.3, 0.4) is 0 Å². The summed E-state index contributed by atoms with van der Waals surface area (Å²) in [6, 6.07) is 9.45. The molecule has 112 valence electrons. The molecule has 4 nitrogen and oxygen atoms in total. The number of nitrogens with two attached hydrogens (primary N) is 1. The molecule has 1 aromatic carbocycles. The van der Waals surface area contributed by atoms with Gasteiger partial charge in [-0.1, -0.05) is 52.0 Å².